The zero-order chi connectivity index (χ0) is 38.8. The molecule has 0 saturated carbocycles. The van der Waals surface area contributed by atoms with Gasteiger partial charge in [-0.3, -0.25) is 24.5 Å². The van der Waals surface area contributed by atoms with E-state index in [1.807, 2.05) is 35.2 Å². The summed E-state index contributed by atoms with van der Waals surface area (Å²) in [5.41, 5.74) is 2.97. The number of anilines is 1. The molecule has 1 N–H and O–H groups in total. The van der Waals surface area contributed by atoms with Crippen molar-refractivity contribution >= 4 is 28.3 Å². The number of carbonyl (C=O) groups is 2. The number of rotatable bonds is 9. The summed E-state index contributed by atoms with van der Waals surface area (Å²) in [6.07, 6.45) is 6.34. The first kappa shape index (κ1) is 35.9. The predicted molar refractivity (Wildman–Crippen MR) is 203 cm³/mol. The lowest BCUT2D eigenvalue weighted by molar-refractivity contribution is -0.136. The van der Waals surface area contributed by atoms with Crippen LogP contribution in [0.25, 0.3) is 33.4 Å². The molecule has 2 fully saturated rings. The Morgan fingerprint density at radius 2 is 1.68 bits per heavy atom. The van der Waals surface area contributed by atoms with Crippen molar-refractivity contribution in [2.75, 3.05) is 24.6 Å². The molecule has 1 unspecified atom stereocenters. The Balaban J connectivity index is 0.880. The molecule has 2 aliphatic rings. The zero-order valence-corrected chi connectivity index (χ0v) is 30.0. The van der Waals surface area contributed by atoms with E-state index in [1.165, 1.54) is 29.1 Å². The average molecular weight is 752 g/mol. The number of halogens is 1. The second-order valence-electron chi connectivity index (χ2n) is 13.8. The number of fused-ring (bicyclic) bond motifs is 1. The van der Waals surface area contributed by atoms with E-state index >= 15 is 4.39 Å². The van der Waals surface area contributed by atoms with Crippen molar-refractivity contribution in [1.29, 1.82) is 5.26 Å². The summed E-state index contributed by atoms with van der Waals surface area (Å²) >= 11 is 0. The van der Waals surface area contributed by atoms with E-state index in [1.54, 1.807) is 36.7 Å². The second kappa shape index (κ2) is 15.3. The number of benzene rings is 3. The zero-order valence-electron chi connectivity index (χ0n) is 30.0. The van der Waals surface area contributed by atoms with E-state index in [9.17, 15) is 24.4 Å². The number of aromatic nitrogens is 6. The van der Waals surface area contributed by atoms with Gasteiger partial charge in [0.25, 0.3) is 17.0 Å². The highest BCUT2D eigenvalue weighted by atomic mass is 19.1. The minimum absolute atomic E-state index is 0.104. The summed E-state index contributed by atoms with van der Waals surface area (Å²) in [6, 6.07) is 21.8. The third-order valence-electron chi connectivity index (χ3n) is 10.1. The summed E-state index contributed by atoms with van der Waals surface area (Å²) in [5.74, 6) is -0.227. The van der Waals surface area contributed by atoms with Gasteiger partial charge in [-0.2, -0.15) is 15.5 Å². The summed E-state index contributed by atoms with van der Waals surface area (Å²) in [5, 5.41) is 20.7. The number of carbonyl (C=O) groups excluding carboxylic acids is 2. The molecule has 56 heavy (non-hydrogen) atoms. The van der Waals surface area contributed by atoms with Crippen molar-refractivity contribution in [3.05, 3.63) is 129 Å². The first-order chi connectivity index (χ1) is 27.2. The number of imide groups is 1. The van der Waals surface area contributed by atoms with Crippen molar-refractivity contribution < 1.29 is 18.7 Å². The van der Waals surface area contributed by atoms with E-state index in [4.69, 9.17) is 4.74 Å². The first-order valence-electron chi connectivity index (χ1n) is 18.1. The van der Waals surface area contributed by atoms with Crippen molar-refractivity contribution in [2.45, 2.75) is 38.3 Å². The normalized spacial score (nSPS) is 16.1. The molecular formula is C41H34FN9O5. The van der Waals surface area contributed by atoms with Crippen LogP contribution in [0.5, 0.6) is 5.75 Å². The van der Waals surface area contributed by atoms with Gasteiger partial charge >= 0.3 is 0 Å². The van der Waals surface area contributed by atoms with Crippen molar-refractivity contribution in [3.8, 4) is 34.5 Å². The molecule has 0 aliphatic carbocycles. The Hall–Kier alpha value is -7.08. The summed E-state index contributed by atoms with van der Waals surface area (Å²) in [4.78, 5) is 61.0. The Morgan fingerprint density at radius 1 is 0.893 bits per heavy atom. The number of hydrogen-bond acceptors (Lipinski definition) is 11. The third kappa shape index (κ3) is 7.49. The minimum Gasteiger partial charge on any atom is -0.490 e. The van der Waals surface area contributed by atoms with Gasteiger partial charge in [-0.25, -0.2) is 23.7 Å². The van der Waals surface area contributed by atoms with Crippen molar-refractivity contribution in [2.24, 2.45) is 5.92 Å². The topological polar surface area (TPSA) is 178 Å². The van der Waals surface area contributed by atoms with Gasteiger partial charge in [0.15, 0.2) is 11.6 Å². The van der Waals surface area contributed by atoms with Crippen molar-refractivity contribution in [3.63, 3.8) is 0 Å². The smallest absolute Gasteiger partial charge is 0.275 e. The summed E-state index contributed by atoms with van der Waals surface area (Å²) < 4.78 is 23.8. The number of ether oxygens (including phenoxy) is 1. The number of nitrogens with one attached hydrogen (secondary N) is 1. The first-order valence-corrected chi connectivity index (χ1v) is 18.1. The van der Waals surface area contributed by atoms with E-state index in [0.29, 0.717) is 53.6 Å². The molecule has 1 atom stereocenters. The van der Waals surface area contributed by atoms with Crippen LogP contribution in [0.4, 0.5) is 10.1 Å². The molecule has 3 aromatic heterocycles. The Bertz CT molecular complexity index is 2650. The lowest BCUT2D eigenvalue weighted by Gasteiger charge is -2.33. The number of nitriles is 1. The maximum Gasteiger partial charge on any atom is 0.275 e. The number of amides is 2. The second-order valence-corrected chi connectivity index (χ2v) is 13.8. The molecular weight excluding hydrogens is 718 g/mol. The van der Waals surface area contributed by atoms with Gasteiger partial charge in [0.2, 0.25) is 5.91 Å². The van der Waals surface area contributed by atoms with Gasteiger partial charge in [0.1, 0.15) is 11.9 Å². The highest BCUT2D eigenvalue weighted by Crippen LogP contribution is 2.30. The maximum atomic E-state index is 15.3. The lowest BCUT2D eigenvalue weighted by Crippen LogP contribution is -2.45. The van der Waals surface area contributed by atoms with Gasteiger partial charge in [0, 0.05) is 42.1 Å². The molecule has 14 nitrogen and oxygen atoms in total. The van der Waals surface area contributed by atoms with E-state index in [0.717, 1.165) is 34.2 Å². The molecule has 0 radical (unpaired) electrons. The Labute approximate surface area is 318 Å². The van der Waals surface area contributed by atoms with Crippen LogP contribution < -0.4 is 26.1 Å². The van der Waals surface area contributed by atoms with Gasteiger partial charge in [-0.15, -0.1) is 0 Å². The van der Waals surface area contributed by atoms with Gasteiger partial charge in [-0.1, -0.05) is 30.3 Å². The number of hydrogen-bond donors (Lipinski definition) is 1. The lowest BCUT2D eigenvalue weighted by atomic mass is 9.97. The Kier molecular flexibility index (Phi) is 9.84. The molecule has 0 bridgehead atoms. The average Bonchev–Trinajstić information content (AvgIpc) is 3.22. The fourth-order valence-corrected chi connectivity index (χ4v) is 7.09. The van der Waals surface area contributed by atoms with Crippen LogP contribution >= 0.6 is 0 Å². The molecule has 8 rings (SSSR count). The molecule has 0 spiro atoms. The van der Waals surface area contributed by atoms with Crippen LogP contribution in [0.3, 0.4) is 0 Å². The number of nitrogens with zero attached hydrogens (tertiary/aromatic N) is 8. The van der Waals surface area contributed by atoms with Crippen molar-refractivity contribution in [1.82, 2.24) is 34.8 Å². The van der Waals surface area contributed by atoms with Crippen LogP contribution in [0.15, 0.2) is 101 Å². The predicted octanol–water partition coefficient (Wildman–Crippen LogP) is 4.41. The fraction of sp³-hybridized carbons (Fsp3) is 0.244. The minimum atomic E-state index is -0.908. The number of piperidine rings is 2. The monoisotopic (exact) mass is 751 g/mol. The maximum absolute atomic E-state index is 15.3. The van der Waals surface area contributed by atoms with Gasteiger partial charge in [0.05, 0.1) is 60.1 Å². The summed E-state index contributed by atoms with van der Waals surface area (Å²) in [6.45, 7) is 1.76. The quantitative estimate of drug-likeness (QED) is 0.207. The van der Waals surface area contributed by atoms with Crippen LogP contribution in [0.2, 0.25) is 0 Å². The molecule has 6 aromatic rings. The standard InChI is InChI=1S/C41H34FN9O5/c42-33-17-30-20-46-51(35-8-9-37(52)47-40(35)54)41(55)32(30)18-36(33)49-13-11-25(12-14-49)24-56-31-21-44-39(45-22-31)29-6-2-4-27(16-29)23-50-38(53)10-7-34(48-50)28-5-1-3-26(15-28)19-43/h1-7,10,15-18,20-22,25,35H,8-9,11-14,23-24H2,(H,47,52,54). The van der Waals surface area contributed by atoms with E-state index in [-0.39, 0.29) is 36.2 Å². The molecule has 5 heterocycles. The van der Waals surface area contributed by atoms with E-state index < -0.39 is 29.2 Å². The highest BCUT2D eigenvalue weighted by Gasteiger charge is 2.30. The SMILES string of the molecule is N#Cc1cccc(-c2ccc(=O)n(Cc3cccc(-c4ncc(OCC5CCN(c6cc7c(=O)n(C8CCC(=O)NC8=O)ncc7cc6F)CC5)cn4)c3)n2)c1. The van der Waals surface area contributed by atoms with Gasteiger partial charge < -0.3 is 9.64 Å². The molecule has 2 aliphatic heterocycles. The largest absolute Gasteiger partial charge is 0.490 e. The highest BCUT2D eigenvalue weighted by molar-refractivity contribution is 5.99. The third-order valence-corrected chi connectivity index (χ3v) is 10.1. The fourth-order valence-electron chi connectivity index (χ4n) is 7.09. The van der Waals surface area contributed by atoms with Crippen LogP contribution in [-0.2, 0) is 16.1 Å². The molecule has 3 aromatic carbocycles. The Morgan fingerprint density at radius 3 is 2.46 bits per heavy atom. The van der Waals surface area contributed by atoms with E-state index in [2.05, 4.69) is 31.6 Å². The molecule has 280 valence electrons. The molecule has 2 saturated heterocycles. The molecule has 2 amide bonds. The van der Waals surface area contributed by atoms with Crippen LogP contribution in [0.1, 0.15) is 42.9 Å². The van der Waals surface area contributed by atoms with Crippen LogP contribution in [0, 0.1) is 23.1 Å². The van der Waals surface area contributed by atoms with Crippen LogP contribution in [-0.4, -0.2) is 61.0 Å². The summed E-state index contributed by atoms with van der Waals surface area (Å²) in [7, 11) is 0. The van der Waals surface area contributed by atoms with Gasteiger partial charge in [-0.05, 0) is 67.1 Å². The molecule has 15 heteroatoms.